The van der Waals surface area contributed by atoms with Gasteiger partial charge in [0, 0.05) is 0 Å². The quantitative estimate of drug-likeness (QED) is 0.760. The van der Waals surface area contributed by atoms with Gasteiger partial charge < -0.3 is 5.11 Å². The number of aliphatic hydroxyl groups excluding tert-OH is 1. The van der Waals surface area contributed by atoms with Crippen LogP contribution >= 0.6 is 0 Å². The fourth-order valence-electron chi connectivity index (χ4n) is 2.08. The van der Waals surface area contributed by atoms with Crippen LogP contribution in [0.25, 0.3) is 0 Å². The zero-order valence-electron chi connectivity index (χ0n) is 9.19. The molecule has 1 saturated heterocycles. The van der Waals surface area contributed by atoms with Crippen LogP contribution in [0.4, 0.5) is 0 Å². The Morgan fingerprint density at radius 3 is 2.87 bits per heavy atom. The van der Waals surface area contributed by atoms with Gasteiger partial charge in [0.2, 0.25) is 5.91 Å². The molecular weight excluding hydrogens is 194 g/mol. The van der Waals surface area contributed by atoms with E-state index < -0.39 is 0 Å². The molecule has 2 atom stereocenters. The van der Waals surface area contributed by atoms with E-state index in [0.717, 1.165) is 0 Å². The summed E-state index contributed by atoms with van der Waals surface area (Å²) in [6.45, 7) is 2.24. The number of amides is 1. The van der Waals surface area contributed by atoms with E-state index in [1.165, 1.54) is 24.3 Å². The Hall–Kier alpha value is -0.610. The normalized spacial score (nSPS) is 29.3. The van der Waals surface area contributed by atoms with Crippen LogP contribution < -0.4 is 0 Å². The number of rotatable bonds is 4. The third-order valence-electron chi connectivity index (χ3n) is 3.34. The van der Waals surface area contributed by atoms with Gasteiger partial charge in [-0.25, -0.2) is 5.06 Å². The Labute approximate surface area is 90.2 Å². The molecule has 1 saturated carbocycles. The van der Waals surface area contributed by atoms with Crippen LogP contribution in [0.3, 0.4) is 0 Å². The van der Waals surface area contributed by atoms with Crippen molar-refractivity contribution < 1.29 is 14.7 Å². The number of carbonyl (C=O) groups excluding carboxylic acids is 1. The minimum absolute atomic E-state index is 0.0764. The van der Waals surface area contributed by atoms with E-state index in [0.29, 0.717) is 25.3 Å². The first-order valence-corrected chi connectivity index (χ1v) is 5.82. The largest absolute Gasteiger partial charge is 0.393 e. The third-order valence-corrected chi connectivity index (χ3v) is 3.34. The van der Waals surface area contributed by atoms with Crippen LogP contribution in [0, 0.1) is 5.92 Å². The highest BCUT2D eigenvalue weighted by Crippen LogP contribution is 2.35. The van der Waals surface area contributed by atoms with Crippen molar-refractivity contribution in [3.05, 3.63) is 0 Å². The highest BCUT2D eigenvalue weighted by molar-refractivity contribution is 5.77. The van der Waals surface area contributed by atoms with Crippen molar-refractivity contribution >= 4 is 5.91 Å². The maximum Gasteiger partial charge on any atom is 0.248 e. The topological polar surface area (TPSA) is 49.8 Å². The molecule has 1 aliphatic carbocycles. The molecule has 1 aliphatic heterocycles. The first-order chi connectivity index (χ1) is 7.16. The minimum Gasteiger partial charge on any atom is -0.393 e. The number of aliphatic hydroxyl groups is 1. The molecule has 86 valence electrons. The van der Waals surface area contributed by atoms with Crippen LogP contribution in [-0.2, 0) is 9.63 Å². The molecule has 0 radical (unpaired) electrons. The summed E-state index contributed by atoms with van der Waals surface area (Å²) < 4.78 is 0. The average molecular weight is 213 g/mol. The lowest BCUT2D eigenvalue weighted by Gasteiger charge is -2.30. The summed E-state index contributed by atoms with van der Waals surface area (Å²) in [7, 11) is 0. The Morgan fingerprint density at radius 1 is 1.60 bits per heavy atom. The predicted octanol–water partition coefficient (Wildman–Crippen LogP) is 1.09. The molecular formula is C11H19NO3. The van der Waals surface area contributed by atoms with Gasteiger partial charge in [-0.15, -0.1) is 0 Å². The van der Waals surface area contributed by atoms with Crippen LogP contribution in [0.2, 0.25) is 0 Å². The van der Waals surface area contributed by atoms with Gasteiger partial charge in [-0.2, -0.15) is 0 Å². The maximum absolute atomic E-state index is 11.6. The molecule has 4 nitrogen and oxygen atoms in total. The van der Waals surface area contributed by atoms with Gasteiger partial charge in [-0.05, 0) is 32.1 Å². The highest BCUT2D eigenvalue weighted by Gasteiger charge is 2.38. The van der Waals surface area contributed by atoms with Gasteiger partial charge in [0.1, 0.15) is 0 Å². The molecule has 15 heavy (non-hydrogen) atoms. The lowest BCUT2D eigenvalue weighted by molar-refractivity contribution is -0.184. The summed E-state index contributed by atoms with van der Waals surface area (Å²) in [5, 5.41) is 10.6. The summed E-state index contributed by atoms with van der Waals surface area (Å²) in [6, 6.07) is 0. The van der Waals surface area contributed by atoms with Gasteiger partial charge in [-0.3, -0.25) is 9.63 Å². The number of hydrogen-bond acceptors (Lipinski definition) is 3. The third kappa shape index (κ3) is 2.49. The molecule has 2 rings (SSSR count). The molecule has 0 aromatic heterocycles. The van der Waals surface area contributed by atoms with E-state index in [2.05, 4.69) is 0 Å². The molecule has 1 N–H and O–H groups in total. The zero-order valence-corrected chi connectivity index (χ0v) is 9.19. The Kier molecular flexibility index (Phi) is 3.26. The molecule has 4 heteroatoms. The molecule has 0 bridgehead atoms. The van der Waals surface area contributed by atoms with Gasteiger partial charge in [0.05, 0.1) is 25.2 Å². The standard InChI is InChI=1S/C11H19NO3/c1-8(13)5-6-12-11(14)7-10(15-12)9-3-2-4-9/h8-10,13H,2-7H2,1H3. The van der Waals surface area contributed by atoms with Crippen molar-refractivity contribution in [1.82, 2.24) is 5.06 Å². The van der Waals surface area contributed by atoms with Crippen molar-refractivity contribution in [3.8, 4) is 0 Å². The molecule has 2 fully saturated rings. The summed E-state index contributed by atoms with van der Waals surface area (Å²) in [6.07, 6.45) is 4.52. The van der Waals surface area contributed by atoms with Gasteiger partial charge in [0.15, 0.2) is 0 Å². The van der Waals surface area contributed by atoms with Gasteiger partial charge in [0.25, 0.3) is 0 Å². The highest BCUT2D eigenvalue weighted by atomic mass is 16.7. The van der Waals surface area contributed by atoms with E-state index in [1.54, 1.807) is 6.92 Å². The number of nitrogens with zero attached hydrogens (tertiary/aromatic N) is 1. The molecule has 2 aliphatic rings. The minimum atomic E-state index is -0.371. The number of hydroxylamine groups is 2. The van der Waals surface area contributed by atoms with Crippen molar-refractivity contribution in [2.24, 2.45) is 5.92 Å². The Morgan fingerprint density at radius 2 is 2.33 bits per heavy atom. The first-order valence-electron chi connectivity index (χ1n) is 5.82. The fraction of sp³-hybridized carbons (Fsp3) is 0.909. The lowest BCUT2D eigenvalue weighted by atomic mass is 9.80. The van der Waals surface area contributed by atoms with Crippen LogP contribution in [0.5, 0.6) is 0 Å². The van der Waals surface area contributed by atoms with Crippen molar-refractivity contribution in [3.63, 3.8) is 0 Å². The summed E-state index contributed by atoms with van der Waals surface area (Å²) in [5.41, 5.74) is 0. The van der Waals surface area contributed by atoms with E-state index in [4.69, 9.17) is 9.94 Å². The molecule has 2 unspecified atom stereocenters. The predicted molar refractivity (Wildman–Crippen MR) is 54.8 cm³/mol. The van der Waals surface area contributed by atoms with Crippen molar-refractivity contribution in [2.45, 2.75) is 51.2 Å². The van der Waals surface area contributed by atoms with E-state index in [-0.39, 0.29) is 18.1 Å². The van der Waals surface area contributed by atoms with Gasteiger partial charge >= 0.3 is 0 Å². The summed E-state index contributed by atoms with van der Waals surface area (Å²) in [4.78, 5) is 17.2. The number of carbonyl (C=O) groups is 1. The monoisotopic (exact) mass is 213 g/mol. The average Bonchev–Trinajstić information content (AvgIpc) is 2.40. The number of hydrogen-bond donors (Lipinski definition) is 1. The van der Waals surface area contributed by atoms with E-state index >= 15 is 0 Å². The van der Waals surface area contributed by atoms with Crippen LogP contribution in [0.1, 0.15) is 39.0 Å². The SMILES string of the molecule is CC(O)CCN1OC(C2CCC2)CC1=O. The second-order valence-electron chi connectivity index (χ2n) is 4.67. The summed E-state index contributed by atoms with van der Waals surface area (Å²) in [5.74, 6) is 0.665. The van der Waals surface area contributed by atoms with E-state index in [1.807, 2.05) is 0 Å². The second-order valence-corrected chi connectivity index (χ2v) is 4.67. The van der Waals surface area contributed by atoms with Crippen molar-refractivity contribution in [2.75, 3.05) is 6.54 Å². The molecule has 1 amide bonds. The molecule has 0 spiro atoms. The molecule has 1 heterocycles. The van der Waals surface area contributed by atoms with Crippen LogP contribution in [0.15, 0.2) is 0 Å². The van der Waals surface area contributed by atoms with Gasteiger partial charge in [-0.1, -0.05) is 6.42 Å². The van der Waals surface area contributed by atoms with Crippen molar-refractivity contribution in [1.29, 1.82) is 0 Å². The lowest BCUT2D eigenvalue weighted by Crippen LogP contribution is -2.30. The summed E-state index contributed by atoms with van der Waals surface area (Å²) >= 11 is 0. The van der Waals surface area contributed by atoms with E-state index in [9.17, 15) is 4.79 Å². The Balaban J connectivity index is 1.78. The first kappa shape index (κ1) is 10.9. The second kappa shape index (κ2) is 4.49. The van der Waals surface area contributed by atoms with Crippen LogP contribution in [-0.4, -0.2) is 34.8 Å². The molecule has 0 aromatic carbocycles. The maximum atomic E-state index is 11.6. The zero-order chi connectivity index (χ0) is 10.8. The Bertz CT molecular complexity index is 238. The smallest absolute Gasteiger partial charge is 0.248 e. The molecule has 0 aromatic rings. The fourth-order valence-corrected chi connectivity index (χ4v) is 2.08.